The molecule has 0 atom stereocenters. The van der Waals surface area contributed by atoms with Gasteiger partial charge in [0.1, 0.15) is 29.0 Å². The monoisotopic (exact) mass is 469 g/mol. The number of rotatable bonds is 6. The minimum atomic E-state index is -0.201. The number of hydrogen-bond acceptors (Lipinski definition) is 5. The van der Waals surface area contributed by atoms with Crippen molar-refractivity contribution in [2.24, 2.45) is 0 Å². The summed E-state index contributed by atoms with van der Waals surface area (Å²) in [6, 6.07) is 12.9. The summed E-state index contributed by atoms with van der Waals surface area (Å²) >= 11 is 15.7. The molecule has 0 spiro atoms. The molecule has 1 aliphatic heterocycles. The minimum absolute atomic E-state index is 0.201. The number of carbonyl (C=O) groups is 1. The zero-order valence-electron chi connectivity index (χ0n) is 13.3. The van der Waals surface area contributed by atoms with Gasteiger partial charge in [0.05, 0.1) is 9.93 Å². The molecule has 0 aliphatic carbocycles. The van der Waals surface area contributed by atoms with E-state index in [1.165, 1.54) is 11.8 Å². The predicted octanol–water partition coefficient (Wildman–Crippen LogP) is 5.05. The molecule has 3 rings (SSSR count). The second kappa shape index (κ2) is 8.90. The highest BCUT2D eigenvalue weighted by atomic mass is 79.9. The van der Waals surface area contributed by atoms with Crippen molar-refractivity contribution in [3.63, 3.8) is 0 Å². The minimum Gasteiger partial charge on any atom is -0.489 e. The third kappa shape index (κ3) is 5.01. The molecule has 26 heavy (non-hydrogen) atoms. The smallest absolute Gasteiger partial charge is 0.263 e. The van der Waals surface area contributed by atoms with Gasteiger partial charge in [0.2, 0.25) is 0 Å². The maximum absolute atomic E-state index is 11.9. The van der Waals surface area contributed by atoms with Crippen LogP contribution in [-0.4, -0.2) is 23.4 Å². The van der Waals surface area contributed by atoms with Gasteiger partial charge < -0.3 is 14.8 Å². The van der Waals surface area contributed by atoms with Crippen molar-refractivity contribution in [1.29, 1.82) is 0 Å². The van der Waals surface area contributed by atoms with E-state index in [2.05, 4.69) is 21.2 Å². The SMILES string of the molecule is O=C1NC(=S)SC1=Cc1cc(Br)ccc1OCCOc1ccccc1Cl. The maximum Gasteiger partial charge on any atom is 0.263 e. The molecule has 0 radical (unpaired) electrons. The van der Waals surface area contributed by atoms with Gasteiger partial charge in [0, 0.05) is 10.0 Å². The molecule has 1 amide bonds. The van der Waals surface area contributed by atoms with E-state index in [-0.39, 0.29) is 5.91 Å². The average molecular weight is 471 g/mol. The Morgan fingerprint density at radius 1 is 1.15 bits per heavy atom. The zero-order valence-corrected chi connectivity index (χ0v) is 17.3. The number of amides is 1. The van der Waals surface area contributed by atoms with Crippen LogP contribution in [0, 0.1) is 0 Å². The van der Waals surface area contributed by atoms with E-state index in [9.17, 15) is 4.79 Å². The van der Waals surface area contributed by atoms with Crippen LogP contribution in [-0.2, 0) is 4.79 Å². The van der Waals surface area contributed by atoms with Gasteiger partial charge in [-0.25, -0.2) is 0 Å². The van der Waals surface area contributed by atoms with Gasteiger partial charge in [-0.1, -0.05) is 63.6 Å². The van der Waals surface area contributed by atoms with Crippen LogP contribution in [0.3, 0.4) is 0 Å². The van der Waals surface area contributed by atoms with Crippen LogP contribution in [0.1, 0.15) is 5.56 Å². The lowest BCUT2D eigenvalue weighted by Gasteiger charge is -2.12. The van der Waals surface area contributed by atoms with Crippen molar-refractivity contribution in [3.8, 4) is 11.5 Å². The van der Waals surface area contributed by atoms with Crippen molar-refractivity contribution in [2.75, 3.05) is 13.2 Å². The van der Waals surface area contributed by atoms with Crippen LogP contribution in [0.2, 0.25) is 5.02 Å². The summed E-state index contributed by atoms with van der Waals surface area (Å²) in [6.45, 7) is 0.676. The molecule has 1 N–H and O–H groups in total. The molecule has 1 fully saturated rings. The number of nitrogens with one attached hydrogen (secondary N) is 1. The van der Waals surface area contributed by atoms with Gasteiger partial charge in [-0.05, 0) is 36.4 Å². The summed E-state index contributed by atoms with van der Waals surface area (Å²) in [4.78, 5) is 12.4. The molecule has 8 heteroatoms. The number of thioether (sulfide) groups is 1. The van der Waals surface area contributed by atoms with Crippen LogP contribution >= 0.6 is 51.5 Å². The van der Waals surface area contributed by atoms with Crippen LogP contribution < -0.4 is 14.8 Å². The number of hydrogen-bond donors (Lipinski definition) is 1. The molecular weight excluding hydrogens is 458 g/mol. The number of thiocarbonyl (C=S) groups is 1. The molecule has 1 heterocycles. The van der Waals surface area contributed by atoms with E-state index in [1.54, 1.807) is 18.2 Å². The highest BCUT2D eigenvalue weighted by Crippen LogP contribution is 2.31. The standard InChI is InChI=1S/C18H13BrClNO3S2/c19-12-5-6-14(11(9-12)10-16-17(22)21-18(25)26-16)23-7-8-24-15-4-2-1-3-13(15)20/h1-6,9-10H,7-8H2,(H,21,22,25). The summed E-state index contributed by atoms with van der Waals surface area (Å²) < 4.78 is 12.8. The quantitative estimate of drug-likeness (QED) is 0.364. The fourth-order valence-corrected chi connectivity index (χ4v) is 3.80. The molecule has 1 aliphatic rings. The summed E-state index contributed by atoms with van der Waals surface area (Å²) in [5.41, 5.74) is 0.777. The Morgan fingerprint density at radius 3 is 2.58 bits per heavy atom. The van der Waals surface area contributed by atoms with Crippen molar-refractivity contribution in [2.45, 2.75) is 0 Å². The molecule has 0 unspecified atom stereocenters. The topological polar surface area (TPSA) is 47.6 Å². The third-order valence-electron chi connectivity index (χ3n) is 3.34. The number of para-hydroxylation sites is 1. The van der Waals surface area contributed by atoms with Gasteiger partial charge in [-0.15, -0.1) is 0 Å². The van der Waals surface area contributed by atoms with Gasteiger partial charge in [-0.2, -0.15) is 0 Å². The highest BCUT2D eigenvalue weighted by molar-refractivity contribution is 9.10. The molecule has 2 aromatic rings. The lowest BCUT2D eigenvalue weighted by Crippen LogP contribution is -2.17. The summed E-state index contributed by atoms with van der Waals surface area (Å²) in [6.07, 6.45) is 1.76. The first kappa shape index (κ1) is 19.2. The Labute approximate surface area is 174 Å². The molecular formula is C18H13BrClNO3S2. The van der Waals surface area contributed by atoms with E-state index in [4.69, 9.17) is 33.3 Å². The van der Waals surface area contributed by atoms with Crippen molar-refractivity contribution >= 4 is 67.8 Å². The van der Waals surface area contributed by atoms with Crippen molar-refractivity contribution in [1.82, 2.24) is 5.32 Å². The number of ether oxygens (including phenoxy) is 2. The largest absolute Gasteiger partial charge is 0.489 e. The predicted molar refractivity (Wildman–Crippen MR) is 113 cm³/mol. The Balaban J connectivity index is 1.66. The Kier molecular flexibility index (Phi) is 6.58. The average Bonchev–Trinajstić information content (AvgIpc) is 2.92. The molecule has 0 bridgehead atoms. The maximum atomic E-state index is 11.9. The Morgan fingerprint density at radius 2 is 1.88 bits per heavy atom. The Bertz CT molecular complexity index is 888. The zero-order chi connectivity index (χ0) is 18.5. The molecule has 2 aromatic carbocycles. The second-order valence-corrected chi connectivity index (χ2v) is 8.20. The van der Waals surface area contributed by atoms with Crippen molar-refractivity contribution in [3.05, 3.63) is 62.4 Å². The van der Waals surface area contributed by atoms with Gasteiger partial charge in [0.15, 0.2) is 0 Å². The van der Waals surface area contributed by atoms with E-state index < -0.39 is 0 Å². The summed E-state index contributed by atoms with van der Waals surface area (Å²) in [5, 5.41) is 3.16. The lowest BCUT2D eigenvalue weighted by atomic mass is 10.2. The number of benzene rings is 2. The first-order valence-corrected chi connectivity index (χ1v) is 9.97. The van der Waals surface area contributed by atoms with Crippen LogP contribution in [0.15, 0.2) is 51.8 Å². The number of halogens is 2. The normalized spacial score (nSPS) is 15.2. The van der Waals surface area contributed by atoms with Crippen LogP contribution in [0.25, 0.3) is 6.08 Å². The van der Waals surface area contributed by atoms with Gasteiger partial charge in [-0.3, -0.25) is 4.79 Å². The molecule has 4 nitrogen and oxygen atoms in total. The van der Waals surface area contributed by atoms with E-state index in [0.29, 0.717) is 39.0 Å². The molecule has 0 saturated carbocycles. The fourth-order valence-electron chi connectivity index (χ4n) is 2.19. The first-order valence-electron chi connectivity index (χ1n) is 7.57. The van der Waals surface area contributed by atoms with E-state index in [1.807, 2.05) is 30.3 Å². The fraction of sp³-hybridized carbons (Fsp3) is 0.111. The second-order valence-electron chi connectivity index (χ2n) is 5.16. The lowest BCUT2D eigenvalue weighted by molar-refractivity contribution is -0.115. The van der Waals surface area contributed by atoms with Gasteiger partial charge >= 0.3 is 0 Å². The first-order chi connectivity index (χ1) is 12.5. The summed E-state index contributed by atoms with van der Waals surface area (Å²) in [5.74, 6) is 1.06. The summed E-state index contributed by atoms with van der Waals surface area (Å²) in [7, 11) is 0. The third-order valence-corrected chi connectivity index (χ3v) is 5.30. The molecule has 134 valence electrons. The van der Waals surface area contributed by atoms with Crippen molar-refractivity contribution < 1.29 is 14.3 Å². The molecule has 0 aromatic heterocycles. The van der Waals surface area contributed by atoms with E-state index in [0.717, 1.165) is 10.0 Å². The number of carbonyl (C=O) groups excluding carboxylic acids is 1. The molecule has 1 saturated heterocycles. The highest BCUT2D eigenvalue weighted by Gasteiger charge is 2.22. The van der Waals surface area contributed by atoms with Crippen LogP contribution in [0.5, 0.6) is 11.5 Å². The van der Waals surface area contributed by atoms with Gasteiger partial charge in [0.25, 0.3) is 5.91 Å². The van der Waals surface area contributed by atoms with Crippen LogP contribution in [0.4, 0.5) is 0 Å². The van der Waals surface area contributed by atoms with E-state index >= 15 is 0 Å². The Hall–Kier alpha value is -1.54.